The van der Waals surface area contributed by atoms with E-state index in [4.69, 9.17) is 9.15 Å². The highest BCUT2D eigenvalue weighted by molar-refractivity contribution is 9.10. The minimum absolute atomic E-state index is 0.149. The van der Waals surface area contributed by atoms with Gasteiger partial charge in [0, 0.05) is 5.56 Å². The minimum atomic E-state index is 0.149. The molecule has 4 heteroatoms. The first kappa shape index (κ1) is 11.8. The second-order valence-electron chi connectivity index (χ2n) is 4.43. The van der Waals surface area contributed by atoms with Crippen molar-refractivity contribution in [3.05, 3.63) is 52.4 Å². The van der Waals surface area contributed by atoms with Crippen LogP contribution in [0.2, 0.25) is 0 Å². The van der Waals surface area contributed by atoms with Crippen molar-refractivity contribution in [3.8, 4) is 5.75 Å². The number of para-hydroxylation sites is 1. The molecule has 18 heavy (non-hydrogen) atoms. The molecule has 2 heterocycles. The van der Waals surface area contributed by atoms with Crippen LogP contribution in [0.4, 0.5) is 0 Å². The van der Waals surface area contributed by atoms with Gasteiger partial charge in [-0.25, -0.2) is 0 Å². The minimum Gasteiger partial charge on any atom is -0.491 e. The number of fused-ring (bicyclic) bond motifs is 1. The van der Waals surface area contributed by atoms with E-state index >= 15 is 0 Å². The van der Waals surface area contributed by atoms with E-state index in [0.717, 1.165) is 16.2 Å². The van der Waals surface area contributed by atoms with E-state index in [1.165, 1.54) is 5.56 Å². The van der Waals surface area contributed by atoms with Crippen LogP contribution in [-0.2, 0) is 0 Å². The average Bonchev–Trinajstić information content (AvgIpc) is 2.97. The van der Waals surface area contributed by atoms with Crippen molar-refractivity contribution in [2.24, 2.45) is 0 Å². The quantitative estimate of drug-likeness (QED) is 0.936. The molecule has 3 nitrogen and oxygen atoms in total. The summed E-state index contributed by atoms with van der Waals surface area (Å²) in [4.78, 5) is 0. The first-order valence-corrected chi connectivity index (χ1v) is 6.76. The molecule has 0 spiro atoms. The molecule has 0 amide bonds. The van der Waals surface area contributed by atoms with E-state index in [9.17, 15) is 0 Å². The van der Waals surface area contributed by atoms with E-state index in [-0.39, 0.29) is 12.1 Å². The fourth-order valence-corrected chi connectivity index (χ4v) is 2.56. The lowest BCUT2D eigenvalue weighted by molar-refractivity contribution is 0.291. The zero-order chi connectivity index (χ0) is 12.5. The van der Waals surface area contributed by atoms with Gasteiger partial charge < -0.3 is 9.15 Å². The molecule has 1 N–H and O–H groups in total. The van der Waals surface area contributed by atoms with E-state index in [1.807, 2.05) is 30.3 Å². The SMILES string of the molecule is CC(NC1COc2ccccc21)c1ccc(Br)o1. The number of hydrogen-bond acceptors (Lipinski definition) is 3. The van der Waals surface area contributed by atoms with Crippen molar-refractivity contribution in [2.45, 2.75) is 19.0 Å². The Morgan fingerprint density at radius 2 is 2.11 bits per heavy atom. The first-order chi connectivity index (χ1) is 8.74. The monoisotopic (exact) mass is 307 g/mol. The van der Waals surface area contributed by atoms with Crippen molar-refractivity contribution in [1.82, 2.24) is 5.32 Å². The molecule has 1 aliphatic heterocycles. The number of benzene rings is 1. The van der Waals surface area contributed by atoms with Crippen LogP contribution < -0.4 is 10.1 Å². The van der Waals surface area contributed by atoms with E-state index in [1.54, 1.807) is 0 Å². The van der Waals surface area contributed by atoms with Crippen molar-refractivity contribution in [2.75, 3.05) is 6.61 Å². The third-order valence-corrected chi connectivity index (χ3v) is 3.60. The highest BCUT2D eigenvalue weighted by atomic mass is 79.9. The summed E-state index contributed by atoms with van der Waals surface area (Å²) >= 11 is 3.32. The van der Waals surface area contributed by atoms with Gasteiger partial charge in [0.1, 0.15) is 18.1 Å². The number of hydrogen-bond donors (Lipinski definition) is 1. The first-order valence-electron chi connectivity index (χ1n) is 5.97. The second kappa shape index (κ2) is 4.78. The third-order valence-electron chi connectivity index (χ3n) is 3.17. The van der Waals surface area contributed by atoms with Crippen LogP contribution in [0.25, 0.3) is 0 Å². The summed E-state index contributed by atoms with van der Waals surface area (Å²) in [6.45, 7) is 2.76. The van der Waals surface area contributed by atoms with Gasteiger partial charge in [0.15, 0.2) is 4.67 Å². The molecule has 2 unspecified atom stereocenters. The van der Waals surface area contributed by atoms with Gasteiger partial charge in [0.05, 0.1) is 12.1 Å². The van der Waals surface area contributed by atoms with Gasteiger partial charge in [0.25, 0.3) is 0 Å². The molecule has 2 atom stereocenters. The van der Waals surface area contributed by atoms with E-state index in [0.29, 0.717) is 6.61 Å². The Bertz CT molecular complexity index is 552. The van der Waals surface area contributed by atoms with Gasteiger partial charge in [-0.15, -0.1) is 0 Å². The van der Waals surface area contributed by atoms with Crippen LogP contribution in [-0.4, -0.2) is 6.61 Å². The summed E-state index contributed by atoms with van der Waals surface area (Å²) in [6.07, 6.45) is 0. The van der Waals surface area contributed by atoms with Crippen molar-refractivity contribution >= 4 is 15.9 Å². The van der Waals surface area contributed by atoms with Gasteiger partial charge >= 0.3 is 0 Å². The molecule has 1 aromatic carbocycles. The summed E-state index contributed by atoms with van der Waals surface area (Å²) in [7, 11) is 0. The van der Waals surface area contributed by atoms with Gasteiger partial charge in [-0.1, -0.05) is 18.2 Å². The zero-order valence-corrected chi connectivity index (χ0v) is 11.6. The van der Waals surface area contributed by atoms with Crippen molar-refractivity contribution in [3.63, 3.8) is 0 Å². The Labute approximate surface area is 114 Å². The van der Waals surface area contributed by atoms with Gasteiger partial charge in [-0.3, -0.25) is 5.32 Å². The molecule has 1 aromatic heterocycles. The number of nitrogens with one attached hydrogen (secondary N) is 1. The Hall–Kier alpha value is -1.26. The maximum Gasteiger partial charge on any atom is 0.169 e. The lowest BCUT2D eigenvalue weighted by Crippen LogP contribution is -2.25. The van der Waals surface area contributed by atoms with Crippen LogP contribution in [0.15, 0.2) is 45.5 Å². The topological polar surface area (TPSA) is 34.4 Å². The van der Waals surface area contributed by atoms with Gasteiger partial charge in [0.2, 0.25) is 0 Å². The normalized spacial score (nSPS) is 19.3. The molecule has 94 valence electrons. The van der Waals surface area contributed by atoms with Crippen LogP contribution in [0.1, 0.15) is 30.3 Å². The smallest absolute Gasteiger partial charge is 0.169 e. The molecular formula is C14H14BrNO2. The number of ether oxygens (including phenoxy) is 1. The number of rotatable bonds is 3. The molecule has 2 aromatic rings. The third kappa shape index (κ3) is 2.18. The standard InChI is InChI=1S/C14H14BrNO2/c1-9(12-6-7-14(15)18-12)16-11-8-17-13-5-3-2-4-10(11)13/h2-7,9,11,16H,8H2,1H3. The van der Waals surface area contributed by atoms with Crippen LogP contribution >= 0.6 is 15.9 Å². The van der Waals surface area contributed by atoms with Crippen LogP contribution in [0.5, 0.6) is 5.75 Å². The molecule has 0 saturated carbocycles. The second-order valence-corrected chi connectivity index (χ2v) is 5.21. The largest absolute Gasteiger partial charge is 0.491 e. The summed E-state index contributed by atoms with van der Waals surface area (Å²) < 4.78 is 12.0. The highest BCUT2D eigenvalue weighted by Gasteiger charge is 2.25. The summed E-state index contributed by atoms with van der Waals surface area (Å²) in [5.74, 6) is 1.90. The summed E-state index contributed by atoms with van der Waals surface area (Å²) in [5.41, 5.74) is 1.22. The van der Waals surface area contributed by atoms with E-state index < -0.39 is 0 Å². The van der Waals surface area contributed by atoms with Crippen LogP contribution in [0.3, 0.4) is 0 Å². The lowest BCUT2D eigenvalue weighted by Gasteiger charge is -2.16. The van der Waals surface area contributed by atoms with Crippen molar-refractivity contribution in [1.29, 1.82) is 0 Å². The van der Waals surface area contributed by atoms with E-state index in [2.05, 4.69) is 34.2 Å². The molecule has 1 aliphatic rings. The average molecular weight is 308 g/mol. The molecule has 3 rings (SSSR count). The number of halogens is 1. The predicted octanol–water partition coefficient (Wildman–Crippen LogP) is 3.83. The summed E-state index contributed by atoms with van der Waals surface area (Å²) in [6, 6.07) is 12.4. The molecule has 0 bridgehead atoms. The van der Waals surface area contributed by atoms with Crippen LogP contribution in [0, 0.1) is 0 Å². The Balaban J connectivity index is 1.75. The maximum atomic E-state index is 5.65. The maximum absolute atomic E-state index is 5.65. The summed E-state index contributed by atoms with van der Waals surface area (Å²) in [5, 5.41) is 3.53. The molecule has 0 saturated heterocycles. The Morgan fingerprint density at radius 1 is 1.28 bits per heavy atom. The Kier molecular flexibility index (Phi) is 3.14. The fraction of sp³-hybridized carbons (Fsp3) is 0.286. The molecular weight excluding hydrogens is 294 g/mol. The lowest BCUT2D eigenvalue weighted by atomic mass is 10.1. The predicted molar refractivity (Wildman–Crippen MR) is 72.6 cm³/mol. The zero-order valence-electron chi connectivity index (χ0n) is 10.0. The molecule has 0 fully saturated rings. The highest BCUT2D eigenvalue weighted by Crippen LogP contribution is 2.33. The van der Waals surface area contributed by atoms with Crippen molar-refractivity contribution < 1.29 is 9.15 Å². The molecule has 0 aliphatic carbocycles. The van der Waals surface area contributed by atoms with Gasteiger partial charge in [-0.2, -0.15) is 0 Å². The Morgan fingerprint density at radius 3 is 2.89 bits per heavy atom. The molecule has 0 radical (unpaired) electrons. The van der Waals surface area contributed by atoms with Gasteiger partial charge in [-0.05, 0) is 41.1 Å². The number of furan rings is 1. The fourth-order valence-electron chi connectivity index (χ4n) is 2.25.